The van der Waals surface area contributed by atoms with Crippen LogP contribution in [-0.2, 0) is 6.54 Å². The summed E-state index contributed by atoms with van der Waals surface area (Å²) >= 11 is 0. The maximum Gasteiger partial charge on any atom is 0.246 e. The van der Waals surface area contributed by atoms with E-state index < -0.39 is 6.04 Å². The summed E-state index contributed by atoms with van der Waals surface area (Å²) < 4.78 is 0. The van der Waals surface area contributed by atoms with Gasteiger partial charge >= 0.3 is 0 Å². The van der Waals surface area contributed by atoms with E-state index in [0.29, 0.717) is 6.54 Å². The predicted molar refractivity (Wildman–Crippen MR) is 66.3 cm³/mol. The van der Waals surface area contributed by atoms with E-state index in [4.69, 9.17) is 0 Å². The van der Waals surface area contributed by atoms with Crippen LogP contribution in [0.3, 0.4) is 0 Å². The van der Waals surface area contributed by atoms with Gasteiger partial charge in [-0.05, 0) is 18.1 Å². The highest BCUT2D eigenvalue weighted by atomic mass is 16.6. The lowest BCUT2D eigenvalue weighted by atomic mass is 10.0. The Morgan fingerprint density at radius 2 is 2.12 bits per heavy atom. The van der Waals surface area contributed by atoms with Crippen LogP contribution in [0, 0.1) is 10.1 Å². The second-order valence-electron chi connectivity index (χ2n) is 4.43. The van der Waals surface area contributed by atoms with E-state index in [1.165, 1.54) is 5.56 Å². The fraction of sp³-hybridized carbons (Fsp3) is 0.385. The molecule has 0 saturated heterocycles. The van der Waals surface area contributed by atoms with E-state index in [1.807, 2.05) is 43.3 Å². The van der Waals surface area contributed by atoms with E-state index in [-0.39, 0.29) is 4.92 Å². The van der Waals surface area contributed by atoms with Crippen molar-refractivity contribution in [3.63, 3.8) is 0 Å². The van der Waals surface area contributed by atoms with E-state index in [2.05, 4.69) is 4.90 Å². The molecule has 0 saturated carbocycles. The number of benzene rings is 1. The molecule has 90 valence electrons. The Morgan fingerprint density at radius 3 is 2.76 bits per heavy atom. The Morgan fingerprint density at radius 1 is 1.41 bits per heavy atom. The lowest BCUT2D eigenvalue weighted by Crippen LogP contribution is -2.40. The highest BCUT2D eigenvalue weighted by Crippen LogP contribution is 2.15. The molecule has 1 aliphatic heterocycles. The minimum atomic E-state index is -0.549. The summed E-state index contributed by atoms with van der Waals surface area (Å²) in [5.74, 6) is 0. The standard InChI is InChI=1S/C13H16N2O2/c1-11-7-8-14(10-13(11)15(16)17)9-12-5-3-2-4-6-12/h2-7,13H,8-10H2,1H3. The van der Waals surface area contributed by atoms with Crippen LogP contribution in [0.5, 0.6) is 0 Å². The topological polar surface area (TPSA) is 46.4 Å². The summed E-state index contributed by atoms with van der Waals surface area (Å²) in [6.07, 6.45) is 1.96. The summed E-state index contributed by atoms with van der Waals surface area (Å²) in [4.78, 5) is 12.8. The van der Waals surface area contributed by atoms with Gasteiger partial charge in [0.25, 0.3) is 0 Å². The van der Waals surface area contributed by atoms with Crippen LogP contribution in [0.1, 0.15) is 12.5 Å². The molecule has 0 radical (unpaired) electrons. The zero-order valence-corrected chi connectivity index (χ0v) is 9.87. The van der Waals surface area contributed by atoms with Crippen molar-refractivity contribution in [2.75, 3.05) is 13.1 Å². The first-order valence-corrected chi connectivity index (χ1v) is 5.73. The molecule has 2 rings (SSSR count). The quantitative estimate of drug-likeness (QED) is 0.455. The Bertz CT molecular complexity index is 428. The zero-order valence-electron chi connectivity index (χ0n) is 9.87. The molecule has 0 aliphatic carbocycles. The number of nitro groups is 1. The summed E-state index contributed by atoms with van der Waals surface area (Å²) in [6, 6.07) is 9.51. The van der Waals surface area contributed by atoms with Crippen LogP contribution in [0.15, 0.2) is 42.0 Å². The molecule has 0 aromatic heterocycles. The molecule has 17 heavy (non-hydrogen) atoms. The third kappa shape index (κ3) is 2.91. The van der Waals surface area contributed by atoms with Crippen molar-refractivity contribution in [3.8, 4) is 0 Å². The maximum atomic E-state index is 10.9. The minimum Gasteiger partial charge on any atom is -0.288 e. The third-order valence-corrected chi connectivity index (χ3v) is 3.13. The summed E-state index contributed by atoms with van der Waals surface area (Å²) in [5, 5.41) is 10.9. The average molecular weight is 232 g/mol. The zero-order chi connectivity index (χ0) is 12.3. The Hall–Kier alpha value is -1.68. The first-order chi connectivity index (χ1) is 8.16. The first kappa shape index (κ1) is 11.8. The van der Waals surface area contributed by atoms with Gasteiger partial charge in [-0.1, -0.05) is 36.4 Å². The van der Waals surface area contributed by atoms with Crippen LogP contribution in [0.25, 0.3) is 0 Å². The van der Waals surface area contributed by atoms with Crippen molar-refractivity contribution >= 4 is 0 Å². The Kier molecular flexibility index (Phi) is 3.54. The van der Waals surface area contributed by atoms with Gasteiger partial charge in [0.05, 0.1) is 6.54 Å². The fourth-order valence-electron chi connectivity index (χ4n) is 2.08. The van der Waals surface area contributed by atoms with Gasteiger partial charge in [-0.2, -0.15) is 0 Å². The Balaban J connectivity index is 2.03. The highest BCUT2D eigenvalue weighted by Gasteiger charge is 2.28. The molecule has 0 bridgehead atoms. The smallest absolute Gasteiger partial charge is 0.246 e. The molecule has 1 unspecified atom stereocenters. The molecule has 1 heterocycles. The van der Waals surface area contributed by atoms with Crippen molar-refractivity contribution in [2.45, 2.75) is 19.5 Å². The van der Waals surface area contributed by atoms with Crippen LogP contribution in [0.2, 0.25) is 0 Å². The summed E-state index contributed by atoms with van der Waals surface area (Å²) in [7, 11) is 0. The van der Waals surface area contributed by atoms with E-state index in [0.717, 1.165) is 18.7 Å². The molecule has 4 nitrogen and oxygen atoms in total. The molecule has 0 N–H and O–H groups in total. The van der Waals surface area contributed by atoms with Crippen LogP contribution in [-0.4, -0.2) is 29.0 Å². The largest absolute Gasteiger partial charge is 0.288 e. The van der Waals surface area contributed by atoms with Crippen LogP contribution < -0.4 is 0 Å². The summed E-state index contributed by atoms with van der Waals surface area (Å²) in [5.41, 5.74) is 2.07. The van der Waals surface area contributed by atoms with E-state index in [1.54, 1.807) is 0 Å². The molecule has 1 aromatic rings. The molecular weight excluding hydrogens is 216 g/mol. The maximum absolute atomic E-state index is 10.9. The fourth-order valence-corrected chi connectivity index (χ4v) is 2.08. The summed E-state index contributed by atoms with van der Waals surface area (Å²) in [6.45, 7) is 3.91. The van der Waals surface area contributed by atoms with Gasteiger partial charge in [0.2, 0.25) is 6.04 Å². The molecule has 0 fully saturated rings. The highest BCUT2D eigenvalue weighted by molar-refractivity contribution is 5.16. The van der Waals surface area contributed by atoms with Gasteiger partial charge in [-0.25, -0.2) is 0 Å². The lowest BCUT2D eigenvalue weighted by Gasteiger charge is -2.27. The Labute approximate surface area is 101 Å². The molecule has 0 amide bonds. The van der Waals surface area contributed by atoms with Gasteiger partial charge in [0.15, 0.2) is 0 Å². The number of rotatable bonds is 3. The SMILES string of the molecule is CC1=CCN(Cc2ccccc2)CC1[N+](=O)[O-]. The van der Waals surface area contributed by atoms with Gasteiger partial charge < -0.3 is 0 Å². The van der Waals surface area contributed by atoms with Crippen LogP contribution in [0.4, 0.5) is 0 Å². The molecular formula is C13H16N2O2. The van der Waals surface area contributed by atoms with Gasteiger partial charge in [-0.3, -0.25) is 15.0 Å². The normalized spacial score (nSPS) is 21.0. The van der Waals surface area contributed by atoms with Crippen molar-refractivity contribution in [1.82, 2.24) is 4.90 Å². The first-order valence-electron chi connectivity index (χ1n) is 5.73. The van der Waals surface area contributed by atoms with Crippen molar-refractivity contribution < 1.29 is 4.92 Å². The monoisotopic (exact) mass is 232 g/mol. The van der Waals surface area contributed by atoms with Gasteiger partial charge in [0, 0.05) is 18.0 Å². The molecule has 1 atom stereocenters. The van der Waals surface area contributed by atoms with Crippen molar-refractivity contribution in [3.05, 3.63) is 57.7 Å². The molecule has 1 aromatic carbocycles. The van der Waals surface area contributed by atoms with Gasteiger partial charge in [0.1, 0.15) is 0 Å². The second-order valence-corrected chi connectivity index (χ2v) is 4.43. The van der Waals surface area contributed by atoms with Crippen molar-refractivity contribution in [2.24, 2.45) is 0 Å². The third-order valence-electron chi connectivity index (χ3n) is 3.13. The number of hydrogen-bond donors (Lipinski definition) is 0. The second kappa shape index (κ2) is 5.10. The van der Waals surface area contributed by atoms with E-state index in [9.17, 15) is 10.1 Å². The predicted octanol–water partition coefficient (Wildman–Crippen LogP) is 2.09. The molecule has 0 spiro atoms. The average Bonchev–Trinajstić information content (AvgIpc) is 2.32. The van der Waals surface area contributed by atoms with Crippen LogP contribution >= 0.6 is 0 Å². The molecule has 4 heteroatoms. The lowest BCUT2D eigenvalue weighted by molar-refractivity contribution is -0.513. The van der Waals surface area contributed by atoms with Gasteiger partial charge in [-0.15, -0.1) is 0 Å². The van der Waals surface area contributed by atoms with E-state index >= 15 is 0 Å². The van der Waals surface area contributed by atoms with Crippen molar-refractivity contribution in [1.29, 1.82) is 0 Å². The minimum absolute atomic E-state index is 0.191. The number of nitrogens with zero attached hydrogens (tertiary/aromatic N) is 2. The number of hydrogen-bond acceptors (Lipinski definition) is 3. The molecule has 1 aliphatic rings.